The van der Waals surface area contributed by atoms with Gasteiger partial charge in [-0.2, -0.15) is 8.42 Å². The van der Waals surface area contributed by atoms with E-state index >= 15 is 0 Å². The van der Waals surface area contributed by atoms with E-state index in [4.69, 9.17) is 0 Å². The summed E-state index contributed by atoms with van der Waals surface area (Å²) in [7, 11) is -2.02. The summed E-state index contributed by atoms with van der Waals surface area (Å²) in [6, 6.07) is 10.4. The highest BCUT2D eigenvalue weighted by Crippen LogP contribution is 2.27. The maximum atomic E-state index is 13.1. The molecule has 146 valence electrons. The molecule has 0 spiro atoms. The minimum absolute atomic E-state index is 0.0411. The number of likely N-dealkylation sites (N-methyl/N-ethyl adjacent to an activating group) is 1. The van der Waals surface area contributed by atoms with Gasteiger partial charge in [-0.15, -0.1) is 4.40 Å². The van der Waals surface area contributed by atoms with E-state index < -0.39 is 10.0 Å². The molecule has 0 bridgehead atoms. The van der Waals surface area contributed by atoms with Crippen molar-refractivity contribution in [2.24, 2.45) is 4.40 Å². The molecule has 0 saturated carbocycles. The highest BCUT2D eigenvalue weighted by atomic mass is 32.2. The van der Waals surface area contributed by atoms with Crippen LogP contribution in [0.3, 0.4) is 0 Å². The van der Waals surface area contributed by atoms with Gasteiger partial charge in [-0.1, -0.05) is 18.2 Å². The van der Waals surface area contributed by atoms with E-state index in [2.05, 4.69) is 14.7 Å². The number of aromatic nitrogens is 1. The Morgan fingerprint density at radius 1 is 1.29 bits per heavy atom. The lowest BCUT2D eigenvalue weighted by molar-refractivity contribution is -0.134. The summed E-state index contributed by atoms with van der Waals surface area (Å²) in [5, 5.41) is 3.31. The van der Waals surface area contributed by atoms with E-state index in [1.807, 2.05) is 17.0 Å². The number of pyridine rings is 1. The monoisotopic (exact) mass is 399 g/mol. The Labute approximate surface area is 164 Å². The smallest absolute Gasteiger partial charge is 0.285 e. The predicted octanol–water partition coefficient (Wildman–Crippen LogP) is 0.635. The van der Waals surface area contributed by atoms with Crippen LogP contribution in [0.25, 0.3) is 0 Å². The Kier molecular flexibility index (Phi) is 4.86. The summed E-state index contributed by atoms with van der Waals surface area (Å²) in [4.78, 5) is 20.8. The molecule has 1 saturated heterocycles. The van der Waals surface area contributed by atoms with Crippen molar-refractivity contribution in [2.45, 2.75) is 10.9 Å². The summed E-state index contributed by atoms with van der Waals surface area (Å²) < 4.78 is 28.4. The van der Waals surface area contributed by atoms with Crippen molar-refractivity contribution in [1.82, 2.24) is 20.1 Å². The van der Waals surface area contributed by atoms with Gasteiger partial charge in [0.1, 0.15) is 4.90 Å². The third-order valence-corrected chi connectivity index (χ3v) is 6.30. The number of nitrogens with one attached hydrogen (secondary N) is 1. The van der Waals surface area contributed by atoms with Crippen LogP contribution >= 0.6 is 0 Å². The highest BCUT2D eigenvalue weighted by Gasteiger charge is 2.33. The van der Waals surface area contributed by atoms with Crippen LogP contribution in [-0.4, -0.2) is 68.2 Å². The third kappa shape index (κ3) is 3.38. The average molecular weight is 399 g/mol. The van der Waals surface area contributed by atoms with Crippen LogP contribution in [0.15, 0.2) is 58.1 Å². The van der Waals surface area contributed by atoms with Crippen molar-refractivity contribution in [2.75, 3.05) is 33.2 Å². The van der Waals surface area contributed by atoms with Gasteiger partial charge in [0, 0.05) is 44.6 Å². The highest BCUT2D eigenvalue weighted by molar-refractivity contribution is 7.90. The van der Waals surface area contributed by atoms with Crippen LogP contribution in [0, 0.1) is 0 Å². The lowest BCUT2D eigenvalue weighted by Gasteiger charge is -2.37. The summed E-state index contributed by atoms with van der Waals surface area (Å²) in [6.45, 7) is 1.98. The summed E-state index contributed by atoms with van der Waals surface area (Å²) >= 11 is 0. The number of sulfonamides is 1. The molecule has 1 unspecified atom stereocenters. The van der Waals surface area contributed by atoms with Crippen molar-refractivity contribution in [3.63, 3.8) is 0 Å². The van der Waals surface area contributed by atoms with E-state index in [-0.39, 0.29) is 23.4 Å². The lowest BCUT2D eigenvalue weighted by Crippen LogP contribution is -2.51. The molecule has 28 heavy (non-hydrogen) atoms. The Bertz CT molecular complexity index is 1020. The zero-order chi connectivity index (χ0) is 19.7. The van der Waals surface area contributed by atoms with Gasteiger partial charge in [-0.3, -0.25) is 9.78 Å². The molecule has 9 heteroatoms. The van der Waals surface area contributed by atoms with Gasteiger partial charge in [0.05, 0.1) is 12.6 Å². The summed E-state index contributed by atoms with van der Waals surface area (Å²) in [5.41, 5.74) is 1.50. The largest absolute Gasteiger partial charge is 0.349 e. The molecule has 2 aliphatic rings. The van der Waals surface area contributed by atoms with Crippen LogP contribution < -0.4 is 5.32 Å². The number of amidine groups is 1. The molecule has 1 N–H and O–H groups in total. The SMILES string of the molecule is CN(CC(=O)N1CCNCC1c1cccnc1)C1=NS(=O)(=O)c2ccccc21. The number of benzene rings is 1. The molecule has 3 heterocycles. The maximum absolute atomic E-state index is 13.1. The van der Waals surface area contributed by atoms with Gasteiger partial charge < -0.3 is 15.1 Å². The number of hydrogen-bond acceptors (Lipinski definition) is 6. The van der Waals surface area contributed by atoms with E-state index in [1.54, 1.807) is 42.5 Å². The van der Waals surface area contributed by atoms with E-state index in [9.17, 15) is 13.2 Å². The van der Waals surface area contributed by atoms with Crippen molar-refractivity contribution < 1.29 is 13.2 Å². The quantitative estimate of drug-likeness (QED) is 0.814. The minimum Gasteiger partial charge on any atom is -0.349 e. The standard InChI is InChI=1S/C19H21N5O3S/c1-23(19-15-6-2-3-7-17(15)28(26,27)22-19)13-18(25)24-10-9-21-12-16(24)14-5-4-8-20-11-14/h2-8,11,16,21H,9-10,12-13H2,1H3. The second-order valence-corrected chi connectivity index (χ2v) is 8.41. The first-order valence-electron chi connectivity index (χ1n) is 9.03. The molecular weight excluding hydrogens is 378 g/mol. The number of carbonyl (C=O) groups is 1. The number of carbonyl (C=O) groups excluding carboxylic acids is 1. The van der Waals surface area contributed by atoms with Gasteiger partial charge >= 0.3 is 0 Å². The first kappa shape index (κ1) is 18.6. The molecule has 1 fully saturated rings. The first-order valence-corrected chi connectivity index (χ1v) is 10.5. The molecule has 2 aliphatic heterocycles. The van der Waals surface area contributed by atoms with Gasteiger partial charge in [-0.05, 0) is 23.8 Å². The van der Waals surface area contributed by atoms with Crippen LogP contribution in [0.2, 0.25) is 0 Å². The predicted molar refractivity (Wildman–Crippen MR) is 104 cm³/mol. The molecule has 1 aromatic heterocycles. The summed E-state index contributed by atoms with van der Waals surface area (Å²) in [5.74, 6) is 0.222. The van der Waals surface area contributed by atoms with Gasteiger partial charge in [0.15, 0.2) is 5.84 Å². The Morgan fingerprint density at radius 3 is 2.89 bits per heavy atom. The Balaban J connectivity index is 1.55. The third-order valence-electron chi connectivity index (χ3n) is 4.98. The zero-order valence-electron chi connectivity index (χ0n) is 15.4. The second kappa shape index (κ2) is 7.33. The fourth-order valence-electron chi connectivity index (χ4n) is 3.61. The second-order valence-electron chi connectivity index (χ2n) is 6.84. The molecule has 0 aliphatic carbocycles. The number of fused-ring (bicyclic) bond motifs is 1. The van der Waals surface area contributed by atoms with Crippen LogP contribution in [0.4, 0.5) is 0 Å². The first-order chi connectivity index (χ1) is 13.5. The van der Waals surface area contributed by atoms with Crippen molar-refractivity contribution in [3.05, 3.63) is 59.9 Å². The molecule has 2 aromatic rings. The van der Waals surface area contributed by atoms with Gasteiger partial charge in [0.2, 0.25) is 5.91 Å². The average Bonchev–Trinajstić information content (AvgIpc) is 3.00. The maximum Gasteiger partial charge on any atom is 0.285 e. The van der Waals surface area contributed by atoms with E-state index in [0.717, 1.165) is 5.56 Å². The number of piperazine rings is 1. The topological polar surface area (TPSA) is 95.0 Å². The fraction of sp³-hybridized carbons (Fsp3) is 0.316. The molecule has 1 amide bonds. The Morgan fingerprint density at radius 2 is 2.11 bits per heavy atom. The number of hydrogen-bond donors (Lipinski definition) is 1. The molecule has 8 nitrogen and oxygen atoms in total. The molecule has 4 rings (SSSR count). The number of rotatable bonds is 3. The zero-order valence-corrected chi connectivity index (χ0v) is 16.3. The molecule has 0 radical (unpaired) electrons. The fourth-order valence-corrected chi connectivity index (χ4v) is 4.86. The minimum atomic E-state index is -3.71. The Hall–Kier alpha value is -2.78. The van der Waals surface area contributed by atoms with Crippen molar-refractivity contribution in [3.8, 4) is 0 Å². The van der Waals surface area contributed by atoms with E-state index in [0.29, 0.717) is 31.0 Å². The van der Waals surface area contributed by atoms with Crippen LogP contribution in [0.1, 0.15) is 17.2 Å². The van der Waals surface area contributed by atoms with Crippen molar-refractivity contribution >= 4 is 21.8 Å². The number of amides is 1. The van der Waals surface area contributed by atoms with Gasteiger partial charge in [-0.25, -0.2) is 0 Å². The normalized spacial score (nSPS) is 20.4. The van der Waals surface area contributed by atoms with Crippen LogP contribution in [-0.2, 0) is 14.8 Å². The molecule has 1 atom stereocenters. The van der Waals surface area contributed by atoms with E-state index in [1.165, 1.54) is 6.07 Å². The lowest BCUT2D eigenvalue weighted by atomic mass is 10.1. The van der Waals surface area contributed by atoms with Crippen molar-refractivity contribution in [1.29, 1.82) is 0 Å². The van der Waals surface area contributed by atoms with Crippen LogP contribution in [0.5, 0.6) is 0 Å². The summed E-state index contributed by atoms with van der Waals surface area (Å²) in [6.07, 6.45) is 3.47. The van der Waals surface area contributed by atoms with Gasteiger partial charge in [0.25, 0.3) is 10.0 Å². The molecular formula is C19H21N5O3S. The number of nitrogens with zero attached hydrogens (tertiary/aromatic N) is 4. The molecule has 1 aromatic carbocycles.